The number of imidazole rings is 1. The fraction of sp³-hybridized carbons (Fsp3) is 0.176. The summed E-state index contributed by atoms with van der Waals surface area (Å²) in [4.78, 5) is 19.1. The van der Waals surface area contributed by atoms with Crippen molar-refractivity contribution in [1.82, 2.24) is 15.3 Å². The van der Waals surface area contributed by atoms with E-state index in [9.17, 15) is 9.18 Å². The molecule has 5 heteroatoms. The van der Waals surface area contributed by atoms with Gasteiger partial charge in [0.25, 0.3) is 0 Å². The van der Waals surface area contributed by atoms with Gasteiger partial charge in [-0.2, -0.15) is 0 Å². The molecule has 0 spiro atoms. The Balaban J connectivity index is 1.51. The van der Waals surface area contributed by atoms with Gasteiger partial charge in [-0.25, -0.2) is 9.37 Å². The van der Waals surface area contributed by atoms with Crippen molar-refractivity contribution < 1.29 is 9.18 Å². The minimum absolute atomic E-state index is 0.0473. The Labute approximate surface area is 127 Å². The van der Waals surface area contributed by atoms with Crippen LogP contribution in [0.3, 0.4) is 0 Å². The first-order valence-electron chi connectivity index (χ1n) is 7.14. The van der Waals surface area contributed by atoms with E-state index in [4.69, 9.17) is 0 Å². The fourth-order valence-electron chi connectivity index (χ4n) is 2.33. The summed E-state index contributed by atoms with van der Waals surface area (Å²) in [7, 11) is 0. The van der Waals surface area contributed by atoms with Gasteiger partial charge in [0.05, 0.1) is 17.4 Å². The van der Waals surface area contributed by atoms with Gasteiger partial charge in [-0.05, 0) is 41.8 Å². The molecule has 1 amide bonds. The molecule has 22 heavy (non-hydrogen) atoms. The summed E-state index contributed by atoms with van der Waals surface area (Å²) in [5.74, 6) is -0.320. The Morgan fingerprint density at radius 1 is 1.18 bits per heavy atom. The quantitative estimate of drug-likeness (QED) is 0.760. The van der Waals surface area contributed by atoms with E-state index >= 15 is 0 Å². The second-order valence-electron chi connectivity index (χ2n) is 5.16. The van der Waals surface area contributed by atoms with Crippen LogP contribution in [0.4, 0.5) is 4.39 Å². The van der Waals surface area contributed by atoms with Crippen LogP contribution < -0.4 is 5.32 Å². The van der Waals surface area contributed by atoms with Gasteiger partial charge in [0.15, 0.2) is 0 Å². The lowest BCUT2D eigenvalue weighted by atomic mass is 10.1. The maximum atomic E-state index is 13.1. The number of H-pyrrole nitrogens is 1. The summed E-state index contributed by atoms with van der Waals surface area (Å²) in [6.07, 6.45) is 2.52. The van der Waals surface area contributed by atoms with Gasteiger partial charge in [0, 0.05) is 13.0 Å². The van der Waals surface area contributed by atoms with Crippen molar-refractivity contribution >= 4 is 16.9 Å². The van der Waals surface area contributed by atoms with Gasteiger partial charge < -0.3 is 10.3 Å². The molecule has 0 aliphatic heterocycles. The van der Waals surface area contributed by atoms with E-state index in [0.29, 0.717) is 19.4 Å². The zero-order valence-electron chi connectivity index (χ0n) is 12.0. The maximum absolute atomic E-state index is 13.1. The SMILES string of the molecule is O=C(CCc1cccc(F)c1)NCc1ccc2nc[nH]c2c1. The van der Waals surface area contributed by atoms with Crippen molar-refractivity contribution in [3.8, 4) is 0 Å². The summed E-state index contributed by atoms with van der Waals surface area (Å²) < 4.78 is 13.1. The van der Waals surface area contributed by atoms with Gasteiger partial charge in [0.1, 0.15) is 5.82 Å². The number of aromatic amines is 1. The first-order chi connectivity index (χ1) is 10.7. The number of aromatic nitrogens is 2. The van der Waals surface area contributed by atoms with Crippen molar-refractivity contribution in [1.29, 1.82) is 0 Å². The van der Waals surface area contributed by atoms with Crippen LogP contribution in [0.15, 0.2) is 48.8 Å². The Bertz CT molecular complexity index is 797. The average molecular weight is 297 g/mol. The van der Waals surface area contributed by atoms with Crippen LogP contribution in [-0.2, 0) is 17.8 Å². The zero-order chi connectivity index (χ0) is 15.4. The molecule has 0 saturated heterocycles. The molecule has 0 saturated carbocycles. The molecule has 1 heterocycles. The molecule has 2 N–H and O–H groups in total. The first-order valence-corrected chi connectivity index (χ1v) is 7.14. The predicted octanol–water partition coefficient (Wildman–Crippen LogP) is 2.95. The third kappa shape index (κ3) is 3.49. The Kier molecular flexibility index (Phi) is 4.14. The van der Waals surface area contributed by atoms with Gasteiger partial charge in [0.2, 0.25) is 5.91 Å². The molecular formula is C17H16FN3O. The normalized spacial score (nSPS) is 10.8. The third-order valence-electron chi connectivity index (χ3n) is 3.50. The summed E-state index contributed by atoms with van der Waals surface area (Å²) in [6.45, 7) is 0.469. The minimum Gasteiger partial charge on any atom is -0.352 e. The molecule has 3 aromatic rings. The number of carbonyl (C=O) groups is 1. The van der Waals surface area contributed by atoms with Gasteiger partial charge in [-0.15, -0.1) is 0 Å². The van der Waals surface area contributed by atoms with Crippen molar-refractivity contribution in [3.63, 3.8) is 0 Å². The van der Waals surface area contributed by atoms with E-state index < -0.39 is 0 Å². The number of benzene rings is 2. The van der Waals surface area contributed by atoms with Crippen LogP contribution >= 0.6 is 0 Å². The number of aryl methyl sites for hydroxylation is 1. The number of fused-ring (bicyclic) bond motifs is 1. The van der Waals surface area contributed by atoms with Gasteiger partial charge in [-0.1, -0.05) is 18.2 Å². The van der Waals surface area contributed by atoms with Crippen LogP contribution in [0.2, 0.25) is 0 Å². The second kappa shape index (κ2) is 6.39. The summed E-state index contributed by atoms with van der Waals surface area (Å²) in [6, 6.07) is 12.2. The monoisotopic (exact) mass is 297 g/mol. The van der Waals surface area contributed by atoms with Crippen molar-refractivity contribution in [3.05, 3.63) is 65.7 Å². The fourth-order valence-corrected chi connectivity index (χ4v) is 2.33. The molecule has 1 aromatic heterocycles. The first kappa shape index (κ1) is 14.3. The van der Waals surface area contributed by atoms with Crippen molar-refractivity contribution in [2.45, 2.75) is 19.4 Å². The van der Waals surface area contributed by atoms with Crippen LogP contribution in [-0.4, -0.2) is 15.9 Å². The lowest BCUT2D eigenvalue weighted by Crippen LogP contribution is -2.23. The molecule has 4 nitrogen and oxygen atoms in total. The number of rotatable bonds is 5. The molecule has 3 rings (SSSR count). The van der Waals surface area contributed by atoms with E-state index in [-0.39, 0.29) is 11.7 Å². The van der Waals surface area contributed by atoms with E-state index in [0.717, 1.165) is 22.2 Å². The summed E-state index contributed by atoms with van der Waals surface area (Å²) >= 11 is 0. The number of carbonyl (C=O) groups excluding carboxylic acids is 1. The van der Waals surface area contributed by atoms with Crippen LogP contribution in [0, 0.1) is 5.82 Å². The molecule has 0 atom stereocenters. The highest BCUT2D eigenvalue weighted by Gasteiger charge is 2.04. The minimum atomic E-state index is -0.272. The molecule has 0 bridgehead atoms. The number of amides is 1. The Morgan fingerprint density at radius 2 is 2.09 bits per heavy atom. The molecule has 0 fully saturated rings. The predicted molar refractivity (Wildman–Crippen MR) is 82.7 cm³/mol. The zero-order valence-corrected chi connectivity index (χ0v) is 12.0. The summed E-state index contributed by atoms with van der Waals surface area (Å²) in [5.41, 5.74) is 3.69. The maximum Gasteiger partial charge on any atom is 0.220 e. The Hall–Kier alpha value is -2.69. The molecule has 0 aliphatic rings. The van der Waals surface area contributed by atoms with Crippen LogP contribution in [0.5, 0.6) is 0 Å². The van der Waals surface area contributed by atoms with E-state index in [1.807, 2.05) is 24.3 Å². The average Bonchev–Trinajstić information content (AvgIpc) is 2.98. The highest BCUT2D eigenvalue weighted by molar-refractivity contribution is 5.77. The van der Waals surface area contributed by atoms with Crippen molar-refractivity contribution in [2.75, 3.05) is 0 Å². The number of nitrogens with one attached hydrogen (secondary N) is 2. The molecule has 0 aliphatic carbocycles. The Morgan fingerprint density at radius 3 is 2.95 bits per heavy atom. The number of hydrogen-bond donors (Lipinski definition) is 2. The molecular weight excluding hydrogens is 281 g/mol. The lowest BCUT2D eigenvalue weighted by molar-refractivity contribution is -0.121. The van der Waals surface area contributed by atoms with Crippen molar-refractivity contribution in [2.24, 2.45) is 0 Å². The van der Waals surface area contributed by atoms with E-state index in [1.165, 1.54) is 12.1 Å². The van der Waals surface area contributed by atoms with Gasteiger partial charge >= 0.3 is 0 Å². The largest absolute Gasteiger partial charge is 0.352 e. The standard InChI is InChI=1S/C17H16FN3O/c18-14-3-1-2-12(8-14)5-7-17(22)19-10-13-4-6-15-16(9-13)21-11-20-15/h1-4,6,8-9,11H,5,7,10H2,(H,19,22)(H,20,21). The highest BCUT2D eigenvalue weighted by Crippen LogP contribution is 2.11. The molecule has 112 valence electrons. The molecule has 2 aromatic carbocycles. The van der Waals surface area contributed by atoms with E-state index in [1.54, 1.807) is 12.4 Å². The number of hydrogen-bond acceptors (Lipinski definition) is 2. The second-order valence-corrected chi connectivity index (χ2v) is 5.16. The topological polar surface area (TPSA) is 57.8 Å². The lowest BCUT2D eigenvalue weighted by Gasteiger charge is -2.06. The number of nitrogens with zero attached hydrogens (tertiary/aromatic N) is 1. The highest BCUT2D eigenvalue weighted by atomic mass is 19.1. The molecule has 0 unspecified atom stereocenters. The third-order valence-corrected chi connectivity index (χ3v) is 3.50. The van der Waals surface area contributed by atoms with Gasteiger partial charge in [-0.3, -0.25) is 4.79 Å². The van der Waals surface area contributed by atoms with Crippen LogP contribution in [0.1, 0.15) is 17.5 Å². The van der Waals surface area contributed by atoms with E-state index in [2.05, 4.69) is 15.3 Å². The molecule has 0 radical (unpaired) electrons. The number of halogens is 1. The summed E-state index contributed by atoms with van der Waals surface area (Å²) in [5, 5.41) is 2.87. The smallest absolute Gasteiger partial charge is 0.220 e. The van der Waals surface area contributed by atoms with Crippen LogP contribution in [0.25, 0.3) is 11.0 Å².